The molecule has 6 nitrogen and oxygen atoms in total. The number of hydrogen-bond acceptors (Lipinski definition) is 4. The number of nitrogens with zero attached hydrogens (tertiary/aromatic N) is 1. The van der Waals surface area contributed by atoms with Crippen LogP contribution in [-0.2, 0) is 11.3 Å². The molecule has 0 saturated carbocycles. The fraction of sp³-hybridized carbons (Fsp3) is 0.438. The molecule has 6 heteroatoms. The van der Waals surface area contributed by atoms with Crippen molar-refractivity contribution in [3.05, 3.63) is 23.4 Å². The first-order valence-electron chi connectivity index (χ1n) is 7.35. The van der Waals surface area contributed by atoms with E-state index in [2.05, 4.69) is 4.98 Å². The first-order chi connectivity index (χ1) is 10.5. The van der Waals surface area contributed by atoms with E-state index in [0.29, 0.717) is 12.3 Å². The SMILES string of the molecule is CCOc1cc2c(c3[nH]c(C(=O)N(C)OC)cc13)O[C@H](C)C2. The van der Waals surface area contributed by atoms with Crippen molar-refractivity contribution in [2.75, 3.05) is 20.8 Å². The molecule has 22 heavy (non-hydrogen) atoms. The maximum absolute atomic E-state index is 12.3. The Kier molecular flexibility index (Phi) is 3.70. The number of fused-ring (bicyclic) bond motifs is 3. The number of benzene rings is 1. The Morgan fingerprint density at radius 2 is 2.27 bits per heavy atom. The second-order valence-electron chi connectivity index (χ2n) is 5.39. The third kappa shape index (κ3) is 2.29. The van der Waals surface area contributed by atoms with E-state index in [1.54, 1.807) is 13.1 Å². The van der Waals surface area contributed by atoms with Crippen LogP contribution in [0.5, 0.6) is 11.5 Å². The minimum Gasteiger partial charge on any atom is -0.493 e. The highest BCUT2D eigenvalue weighted by molar-refractivity contribution is 6.01. The number of amides is 1. The summed E-state index contributed by atoms with van der Waals surface area (Å²) in [5, 5.41) is 2.02. The van der Waals surface area contributed by atoms with Crippen molar-refractivity contribution in [2.24, 2.45) is 0 Å². The van der Waals surface area contributed by atoms with Crippen molar-refractivity contribution in [3.8, 4) is 11.5 Å². The first-order valence-corrected chi connectivity index (χ1v) is 7.35. The normalized spacial score (nSPS) is 16.5. The molecule has 0 bridgehead atoms. The van der Waals surface area contributed by atoms with Crippen LogP contribution in [0.3, 0.4) is 0 Å². The van der Waals surface area contributed by atoms with E-state index in [1.165, 1.54) is 12.2 Å². The lowest BCUT2D eigenvalue weighted by Gasteiger charge is -2.11. The van der Waals surface area contributed by atoms with E-state index < -0.39 is 0 Å². The van der Waals surface area contributed by atoms with Gasteiger partial charge in [-0.05, 0) is 26.0 Å². The second kappa shape index (κ2) is 5.53. The van der Waals surface area contributed by atoms with E-state index in [1.807, 2.05) is 19.9 Å². The molecule has 1 atom stereocenters. The van der Waals surface area contributed by atoms with Crippen LogP contribution in [0, 0.1) is 0 Å². The Hall–Kier alpha value is -2.21. The highest BCUT2D eigenvalue weighted by Gasteiger charge is 2.26. The maximum atomic E-state index is 12.3. The standard InChI is InChI=1S/C16H20N2O4/c1-5-21-13-7-10-6-9(2)22-15(10)14-11(13)8-12(17-14)16(19)18(3)20-4/h7-9,17H,5-6H2,1-4H3/t9-/m1/s1. The van der Waals surface area contributed by atoms with Crippen LogP contribution in [0.1, 0.15) is 29.9 Å². The minimum absolute atomic E-state index is 0.124. The Labute approximate surface area is 128 Å². The fourth-order valence-electron chi connectivity index (χ4n) is 2.77. The van der Waals surface area contributed by atoms with Gasteiger partial charge in [-0.1, -0.05) is 0 Å². The lowest BCUT2D eigenvalue weighted by molar-refractivity contribution is -0.0759. The van der Waals surface area contributed by atoms with Crippen LogP contribution >= 0.6 is 0 Å². The quantitative estimate of drug-likeness (QED) is 0.882. The van der Waals surface area contributed by atoms with Crippen molar-refractivity contribution < 1.29 is 19.1 Å². The van der Waals surface area contributed by atoms with Crippen molar-refractivity contribution >= 4 is 16.8 Å². The molecule has 0 saturated heterocycles. The Balaban J connectivity index is 2.15. The van der Waals surface area contributed by atoms with Gasteiger partial charge < -0.3 is 14.5 Å². The van der Waals surface area contributed by atoms with Crippen LogP contribution in [-0.4, -0.2) is 42.8 Å². The average molecular weight is 304 g/mol. The summed E-state index contributed by atoms with van der Waals surface area (Å²) in [5.41, 5.74) is 2.35. The van der Waals surface area contributed by atoms with E-state index in [4.69, 9.17) is 14.3 Å². The molecule has 1 N–H and O–H groups in total. The molecule has 118 valence electrons. The summed E-state index contributed by atoms with van der Waals surface area (Å²) < 4.78 is 11.6. The van der Waals surface area contributed by atoms with Gasteiger partial charge in [-0.3, -0.25) is 9.63 Å². The lowest BCUT2D eigenvalue weighted by Crippen LogP contribution is -2.25. The molecule has 1 aliphatic rings. The monoisotopic (exact) mass is 304 g/mol. The molecule has 0 aliphatic carbocycles. The number of H-pyrrole nitrogens is 1. The molecule has 3 rings (SSSR count). The Bertz CT molecular complexity index is 722. The van der Waals surface area contributed by atoms with Gasteiger partial charge in [0.15, 0.2) is 0 Å². The van der Waals surface area contributed by atoms with Gasteiger partial charge in [0.1, 0.15) is 23.3 Å². The zero-order valence-electron chi connectivity index (χ0n) is 13.2. The molecule has 0 radical (unpaired) electrons. The lowest BCUT2D eigenvalue weighted by atomic mass is 10.1. The number of carbonyl (C=O) groups excluding carboxylic acids is 1. The summed E-state index contributed by atoms with van der Waals surface area (Å²) in [6.07, 6.45) is 0.963. The predicted octanol–water partition coefficient (Wildman–Crippen LogP) is 2.52. The molecule has 2 aromatic rings. The van der Waals surface area contributed by atoms with Gasteiger partial charge in [0.25, 0.3) is 5.91 Å². The average Bonchev–Trinajstić information content (AvgIpc) is 3.09. The molecular formula is C16H20N2O4. The summed E-state index contributed by atoms with van der Waals surface area (Å²) >= 11 is 0. The van der Waals surface area contributed by atoms with Crippen molar-refractivity contribution in [2.45, 2.75) is 26.4 Å². The second-order valence-corrected chi connectivity index (χ2v) is 5.39. The van der Waals surface area contributed by atoms with Crippen LogP contribution < -0.4 is 9.47 Å². The number of rotatable bonds is 4. The zero-order chi connectivity index (χ0) is 15.9. The van der Waals surface area contributed by atoms with Gasteiger partial charge in [0, 0.05) is 24.4 Å². The largest absolute Gasteiger partial charge is 0.493 e. The van der Waals surface area contributed by atoms with Crippen LogP contribution in [0.2, 0.25) is 0 Å². The number of aromatic nitrogens is 1. The van der Waals surface area contributed by atoms with Gasteiger partial charge in [-0.2, -0.15) is 0 Å². The summed E-state index contributed by atoms with van der Waals surface area (Å²) in [4.78, 5) is 20.4. The van der Waals surface area contributed by atoms with Gasteiger partial charge in [-0.25, -0.2) is 5.06 Å². The molecule has 1 aromatic carbocycles. The van der Waals surface area contributed by atoms with E-state index >= 15 is 0 Å². The van der Waals surface area contributed by atoms with Crippen molar-refractivity contribution in [1.82, 2.24) is 10.0 Å². The Morgan fingerprint density at radius 3 is 2.95 bits per heavy atom. The summed E-state index contributed by atoms with van der Waals surface area (Å²) in [5.74, 6) is 1.33. The molecular weight excluding hydrogens is 284 g/mol. The van der Waals surface area contributed by atoms with Crippen molar-refractivity contribution in [3.63, 3.8) is 0 Å². The first kappa shape index (κ1) is 14.7. The van der Waals surface area contributed by atoms with E-state index in [-0.39, 0.29) is 12.0 Å². The van der Waals surface area contributed by atoms with Crippen LogP contribution in [0.25, 0.3) is 10.9 Å². The number of nitrogens with one attached hydrogen (secondary N) is 1. The minimum atomic E-state index is -0.249. The fourth-order valence-corrected chi connectivity index (χ4v) is 2.77. The zero-order valence-corrected chi connectivity index (χ0v) is 13.2. The van der Waals surface area contributed by atoms with E-state index in [9.17, 15) is 4.79 Å². The van der Waals surface area contributed by atoms with Gasteiger partial charge >= 0.3 is 0 Å². The van der Waals surface area contributed by atoms with Gasteiger partial charge in [0.05, 0.1) is 19.2 Å². The highest BCUT2D eigenvalue weighted by atomic mass is 16.7. The topological polar surface area (TPSA) is 63.8 Å². The molecule has 1 aromatic heterocycles. The van der Waals surface area contributed by atoms with Gasteiger partial charge in [0.2, 0.25) is 0 Å². The summed E-state index contributed by atoms with van der Waals surface area (Å²) in [6, 6.07) is 3.79. The number of aromatic amines is 1. The number of carbonyl (C=O) groups is 1. The molecule has 0 fully saturated rings. The summed E-state index contributed by atoms with van der Waals surface area (Å²) in [6.45, 7) is 4.53. The van der Waals surface area contributed by atoms with Crippen LogP contribution in [0.4, 0.5) is 0 Å². The molecule has 1 aliphatic heterocycles. The Morgan fingerprint density at radius 1 is 1.50 bits per heavy atom. The molecule has 1 amide bonds. The van der Waals surface area contributed by atoms with Crippen molar-refractivity contribution in [1.29, 1.82) is 0 Å². The smallest absolute Gasteiger partial charge is 0.293 e. The molecule has 2 heterocycles. The highest BCUT2D eigenvalue weighted by Crippen LogP contribution is 2.41. The molecule has 0 spiro atoms. The number of hydroxylamine groups is 2. The number of ether oxygens (including phenoxy) is 2. The molecule has 0 unspecified atom stereocenters. The predicted molar refractivity (Wildman–Crippen MR) is 82.4 cm³/mol. The number of hydrogen-bond donors (Lipinski definition) is 1. The third-order valence-corrected chi connectivity index (χ3v) is 3.82. The van der Waals surface area contributed by atoms with E-state index in [0.717, 1.165) is 34.4 Å². The maximum Gasteiger partial charge on any atom is 0.293 e. The van der Waals surface area contributed by atoms with Gasteiger partial charge in [-0.15, -0.1) is 0 Å². The summed E-state index contributed by atoms with van der Waals surface area (Å²) in [7, 11) is 3.02. The third-order valence-electron chi connectivity index (χ3n) is 3.82. The van der Waals surface area contributed by atoms with Crippen LogP contribution in [0.15, 0.2) is 12.1 Å².